The Bertz CT molecular complexity index is 839. The lowest BCUT2D eigenvalue weighted by atomic mass is 10.0. The highest BCUT2D eigenvalue weighted by atomic mass is 35.5. The second kappa shape index (κ2) is 6.83. The Hall–Kier alpha value is -2.42. The van der Waals surface area contributed by atoms with E-state index in [1.807, 2.05) is 0 Å². The van der Waals surface area contributed by atoms with Crippen molar-refractivity contribution in [2.45, 2.75) is 6.18 Å². The fourth-order valence-electron chi connectivity index (χ4n) is 2.02. The summed E-state index contributed by atoms with van der Waals surface area (Å²) in [5, 5.41) is -0.376. The number of alkyl halides is 3. The van der Waals surface area contributed by atoms with Crippen molar-refractivity contribution in [3.63, 3.8) is 0 Å². The van der Waals surface area contributed by atoms with Gasteiger partial charge in [-0.3, -0.25) is 0 Å². The molecule has 1 heterocycles. The summed E-state index contributed by atoms with van der Waals surface area (Å²) < 4.78 is 75.6. The van der Waals surface area contributed by atoms with Crippen molar-refractivity contribution in [1.29, 1.82) is 0 Å². The van der Waals surface area contributed by atoms with Crippen LogP contribution in [0.25, 0.3) is 11.3 Å². The van der Waals surface area contributed by atoms with E-state index in [0.29, 0.717) is 18.2 Å². The molecule has 0 fully saturated rings. The number of methoxy groups -OCH3 is 2. The lowest BCUT2D eigenvalue weighted by Crippen LogP contribution is -2.10. The lowest BCUT2D eigenvalue weighted by Gasteiger charge is -2.14. The summed E-state index contributed by atoms with van der Waals surface area (Å²) in [5.41, 5.74) is -3.11. The van der Waals surface area contributed by atoms with Crippen LogP contribution in [0.15, 0.2) is 18.2 Å². The minimum absolute atomic E-state index is 0.373. The molecular weight excluding hydrogens is 373 g/mol. The van der Waals surface area contributed by atoms with Gasteiger partial charge in [0.05, 0.1) is 24.8 Å². The zero-order valence-corrected chi connectivity index (χ0v) is 13.4. The second-order valence-corrected chi connectivity index (χ2v) is 5.08. The first kappa shape index (κ1) is 18.9. The predicted molar refractivity (Wildman–Crippen MR) is 77.5 cm³/mol. The fourth-order valence-corrected chi connectivity index (χ4v) is 2.24. The molecule has 0 radical (unpaired) electrons. The van der Waals surface area contributed by atoms with Gasteiger partial charge in [0.15, 0.2) is 11.5 Å². The Morgan fingerprint density at radius 1 is 1.12 bits per heavy atom. The monoisotopic (exact) mass is 381 g/mol. The number of aromatic nitrogens is 1. The number of hydrogen-bond donors (Lipinski definition) is 0. The molecule has 2 aromatic rings. The Kier molecular flexibility index (Phi) is 5.17. The van der Waals surface area contributed by atoms with Gasteiger partial charge >= 0.3 is 12.1 Å². The molecule has 0 aliphatic rings. The number of carbonyl (C=O) groups excluding carboxylic acids is 1. The summed E-state index contributed by atoms with van der Waals surface area (Å²) in [5.74, 6) is -4.23. The van der Waals surface area contributed by atoms with Gasteiger partial charge in [-0.15, -0.1) is 0 Å². The Morgan fingerprint density at radius 3 is 2.28 bits per heavy atom. The van der Waals surface area contributed by atoms with Gasteiger partial charge in [0.1, 0.15) is 17.3 Å². The van der Waals surface area contributed by atoms with Crippen LogP contribution in [0, 0.1) is 11.6 Å². The molecular formula is C15H9ClF5NO3. The summed E-state index contributed by atoms with van der Waals surface area (Å²) in [4.78, 5) is 15.2. The lowest BCUT2D eigenvalue weighted by molar-refractivity contribution is -0.140. The van der Waals surface area contributed by atoms with Crippen molar-refractivity contribution in [1.82, 2.24) is 4.98 Å². The van der Waals surface area contributed by atoms with E-state index in [4.69, 9.17) is 16.3 Å². The van der Waals surface area contributed by atoms with Crippen LogP contribution in [0.1, 0.15) is 16.1 Å². The molecule has 0 atom stereocenters. The van der Waals surface area contributed by atoms with Crippen LogP contribution in [-0.2, 0) is 10.9 Å². The third kappa shape index (κ3) is 3.65. The summed E-state index contributed by atoms with van der Waals surface area (Å²) in [6.07, 6.45) is -4.97. The van der Waals surface area contributed by atoms with Gasteiger partial charge in [-0.05, 0) is 18.2 Å². The molecule has 134 valence electrons. The van der Waals surface area contributed by atoms with Gasteiger partial charge in [0.25, 0.3) is 0 Å². The van der Waals surface area contributed by atoms with Crippen LogP contribution in [0.5, 0.6) is 5.75 Å². The van der Waals surface area contributed by atoms with Crippen molar-refractivity contribution in [2.24, 2.45) is 0 Å². The number of benzene rings is 1. The van der Waals surface area contributed by atoms with Crippen LogP contribution in [-0.4, -0.2) is 25.2 Å². The number of hydrogen-bond acceptors (Lipinski definition) is 4. The fraction of sp³-hybridized carbons (Fsp3) is 0.200. The van der Waals surface area contributed by atoms with Crippen LogP contribution in [0.4, 0.5) is 22.0 Å². The largest absolute Gasteiger partial charge is 0.496 e. The molecule has 0 saturated heterocycles. The molecule has 25 heavy (non-hydrogen) atoms. The van der Waals surface area contributed by atoms with Crippen molar-refractivity contribution in [3.05, 3.63) is 46.1 Å². The van der Waals surface area contributed by atoms with Gasteiger partial charge in [0.2, 0.25) is 0 Å². The first-order valence-corrected chi connectivity index (χ1v) is 6.87. The van der Waals surface area contributed by atoms with Crippen molar-refractivity contribution < 1.29 is 36.2 Å². The number of halogens is 6. The van der Waals surface area contributed by atoms with E-state index < -0.39 is 52.0 Å². The highest BCUT2D eigenvalue weighted by Crippen LogP contribution is 2.39. The standard InChI is InChI=1S/C15H9ClF5NO3/c1-24-11-4-7(15(19,20)21)9(17)3-6(11)12-10(18)5-8(16)13(22-12)14(23)25-2/h3-5H,1-2H3. The first-order valence-electron chi connectivity index (χ1n) is 6.49. The Labute approximate surface area is 143 Å². The van der Waals surface area contributed by atoms with E-state index in [9.17, 15) is 26.7 Å². The second-order valence-electron chi connectivity index (χ2n) is 4.67. The topological polar surface area (TPSA) is 48.4 Å². The number of carbonyl (C=O) groups is 1. The molecule has 2 rings (SSSR count). The highest BCUT2D eigenvalue weighted by molar-refractivity contribution is 6.33. The minimum atomic E-state index is -4.97. The summed E-state index contributed by atoms with van der Waals surface area (Å²) in [6.45, 7) is 0. The van der Waals surface area contributed by atoms with E-state index in [0.717, 1.165) is 14.2 Å². The summed E-state index contributed by atoms with van der Waals surface area (Å²) >= 11 is 5.70. The number of pyridine rings is 1. The van der Waals surface area contributed by atoms with Gasteiger partial charge < -0.3 is 9.47 Å². The zero-order valence-electron chi connectivity index (χ0n) is 12.7. The molecule has 0 amide bonds. The maximum atomic E-state index is 14.2. The van der Waals surface area contributed by atoms with E-state index in [1.54, 1.807) is 0 Å². The smallest absolute Gasteiger partial charge is 0.419 e. The summed E-state index contributed by atoms with van der Waals surface area (Å²) in [7, 11) is 2.05. The average Bonchev–Trinajstić information content (AvgIpc) is 2.53. The maximum Gasteiger partial charge on any atom is 0.419 e. The van der Waals surface area contributed by atoms with Gasteiger partial charge in [0, 0.05) is 5.56 Å². The van der Waals surface area contributed by atoms with Crippen molar-refractivity contribution in [2.75, 3.05) is 14.2 Å². The third-order valence-corrected chi connectivity index (χ3v) is 3.45. The molecule has 0 unspecified atom stereocenters. The molecule has 0 aliphatic heterocycles. The van der Waals surface area contributed by atoms with Crippen molar-refractivity contribution >= 4 is 17.6 Å². The number of ether oxygens (including phenoxy) is 2. The van der Waals surface area contributed by atoms with Crippen LogP contribution >= 0.6 is 11.6 Å². The van der Waals surface area contributed by atoms with E-state index in [1.165, 1.54) is 0 Å². The molecule has 0 N–H and O–H groups in total. The summed E-state index contributed by atoms with van der Waals surface area (Å²) in [6, 6.07) is 1.51. The SMILES string of the molecule is COC(=O)c1nc(-c2cc(F)c(C(F)(F)F)cc2OC)c(F)cc1Cl. The average molecular weight is 382 g/mol. The normalized spacial score (nSPS) is 11.4. The molecule has 4 nitrogen and oxygen atoms in total. The molecule has 1 aromatic carbocycles. The van der Waals surface area contributed by atoms with Gasteiger partial charge in [-0.25, -0.2) is 18.6 Å². The third-order valence-electron chi connectivity index (χ3n) is 3.16. The predicted octanol–water partition coefficient (Wildman–Crippen LogP) is 4.49. The van der Waals surface area contributed by atoms with Crippen LogP contribution in [0.2, 0.25) is 5.02 Å². The van der Waals surface area contributed by atoms with Crippen molar-refractivity contribution in [3.8, 4) is 17.0 Å². The Balaban J connectivity index is 2.74. The number of nitrogens with zero attached hydrogens (tertiary/aromatic N) is 1. The number of esters is 1. The van der Waals surface area contributed by atoms with Crippen LogP contribution < -0.4 is 4.74 Å². The molecule has 0 bridgehead atoms. The maximum absolute atomic E-state index is 14.2. The van der Waals surface area contributed by atoms with Gasteiger partial charge in [-0.1, -0.05) is 11.6 Å². The van der Waals surface area contributed by atoms with Crippen LogP contribution in [0.3, 0.4) is 0 Å². The number of rotatable bonds is 3. The minimum Gasteiger partial charge on any atom is -0.496 e. The molecule has 0 aliphatic carbocycles. The Morgan fingerprint density at radius 2 is 1.76 bits per heavy atom. The first-order chi connectivity index (χ1) is 11.6. The van der Waals surface area contributed by atoms with Gasteiger partial charge in [-0.2, -0.15) is 13.2 Å². The van der Waals surface area contributed by atoms with E-state index >= 15 is 0 Å². The molecule has 10 heteroatoms. The van der Waals surface area contributed by atoms with E-state index in [-0.39, 0.29) is 5.02 Å². The quantitative estimate of drug-likeness (QED) is 0.580. The highest BCUT2D eigenvalue weighted by Gasteiger charge is 2.36. The van der Waals surface area contributed by atoms with E-state index in [2.05, 4.69) is 9.72 Å². The molecule has 0 saturated carbocycles. The molecule has 0 spiro atoms. The zero-order chi connectivity index (χ0) is 18.9. The molecule has 1 aromatic heterocycles.